The Balaban J connectivity index is 1.60. The highest BCUT2D eigenvalue weighted by Gasteiger charge is 2.28. The summed E-state index contributed by atoms with van der Waals surface area (Å²) in [6, 6.07) is 7.77. The van der Waals surface area contributed by atoms with E-state index in [-0.39, 0.29) is 11.9 Å². The molecule has 1 saturated carbocycles. The molecule has 0 spiro atoms. The second-order valence-electron chi connectivity index (χ2n) is 4.93. The number of carbonyl (C=O) groups is 1. The lowest BCUT2D eigenvalue weighted by Gasteiger charge is -2.26. The van der Waals surface area contributed by atoms with Gasteiger partial charge in [-0.3, -0.25) is 4.79 Å². The minimum Gasteiger partial charge on any atom is -0.479 e. The number of fused-ring (bicyclic) bond motifs is 1. The van der Waals surface area contributed by atoms with E-state index in [1.165, 1.54) is 12.8 Å². The highest BCUT2D eigenvalue weighted by atomic mass is 16.5. The number of para-hydroxylation sites is 2. The molecule has 3 nitrogen and oxygen atoms in total. The summed E-state index contributed by atoms with van der Waals surface area (Å²) < 4.78 is 5.73. The molecule has 1 N–H and O–H groups in total. The quantitative estimate of drug-likeness (QED) is 0.865. The zero-order valence-corrected chi connectivity index (χ0v) is 9.82. The SMILES string of the molecule is O=C(CCC1CC1)C1CNc2ccccc2O1. The monoisotopic (exact) mass is 231 g/mol. The fourth-order valence-corrected chi connectivity index (χ4v) is 2.21. The van der Waals surface area contributed by atoms with Crippen molar-refractivity contribution in [3.8, 4) is 5.75 Å². The number of nitrogens with one attached hydrogen (secondary N) is 1. The molecule has 0 amide bonds. The molecular formula is C14H17NO2. The first-order chi connectivity index (χ1) is 8.33. The average molecular weight is 231 g/mol. The van der Waals surface area contributed by atoms with Crippen LogP contribution in [-0.2, 0) is 4.79 Å². The summed E-state index contributed by atoms with van der Waals surface area (Å²) in [6.07, 6.45) is 4.02. The van der Waals surface area contributed by atoms with Crippen molar-refractivity contribution in [2.75, 3.05) is 11.9 Å². The summed E-state index contributed by atoms with van der Waals surface area (Å²) in [6.45, 7) is 0.598. The molecule has 3 heteroatoms. The Bertz CT molecular complexity index is 426. The molecule has 3 rings (SSSR count). The van der Waals surface area contributed by atoms with Gasteiger partial charge in [0.2, 0.25) is 0 Å². The molecule has 1 unspecified atom stereocenters. The Morgan fingerprint density at radius 1 is 1.35 bits per heavy atom. The number of ether oxygens (including phenoxy) is 1. The molecule has 1 aromatic rings. The van der Waals surface area contributed by atoms with Gasteiger partial charge in [0, 0.05) is 6.42 Å². The molecule has 1 aliphatic carbocycles. The minimum absolute atomic E-state index is 0.235. The number of hydrogen-bond donors (Lipinski definition) is 1. The van der Waals surface area contributed by atoms with Crippen molar-refractivity contribution < 1.29 is 9.53 Å². The predicted molar refractivity (Wildman–Crippen MR) is 66.3 cm³/mol. The Labute approximate surface area is 101 Å². The number of Topliss-reactive ketones (excluding diaryl/α,β-unsaturated/α-hetero) is 1. The van der Waals surface area contributed by atoms with Crippen LogP contribution in [0.5, 0.6) is 5.75 Å². The van der Waals surface area contributed by atoms with Crippen molar-refractivity contribution >= 4 is 11.5 Å². The van der Waals surface area contributed by atoms with Crippen LogP contribution in [0.15, 0.2) is 24.3 Å². The van der Waals surface area contributed by atoms with Crippen LogP contribution in [0.25, 0.3) is 0 Å². The van der Waals surface area contributed by atoms with Crippen LogP contribution < -0.4 is 10.1 Å². The summed E-state index contributed by atoms with van der Waals surface area (Å²) in [5.74, 6) is 1.84. The minimum atomic E-state index is -0.302. The lowest BCUT2D eigenvalue weighted by molar-refractivity contribution is -0.125. The number of carbonyl (C=O) groups excluding carboxylic acids is 1. The Morgan fingerprint density at radius 3 is 3.00 bits per heavy atom. The number of benzene rings is 1. The van der Waals surface area contributed by atoms with E-state index < -0.39 is 0 Å². The van der Waals surface area contributed by atoms with Crippen LogP contribution in [-0.4, -0.2) is 18.4 Å². The van der Waals surface area contributed by atoms with Crippen molar-refractivity contribution in [2.45, 2.75) is 31.8 Å². The van der Waals surface area contributed by atoms with Gasteiger partial charge in [0.15, 0.2) is 11.9 Å². The van der Waals surface area contributed by atoms with Gasteiger partial charge >= 0.3 is 0 Å². The van der Waals surface area contributed by atoms with Gasteiger partial charge in [-0.2, -0.15) is 0 Å². The smallest absolute Gasteiger partial charge is 0.175 e. The van der Waals surface area contributed by atoms with Crippen LogP contribution in [0.1, 0.15) is 25.7 Å². The molecule has 90 valence electrons. The Kier molecular flexibility index (Phi) is 2.75. The van der Waals surface area contributed by atoms with Crippen LogP contribution >= 0.6 is 0 Å². The van der Waals surface area contributed by atoms with E-state index in [2.05, 4.69) is 5.32 Å². The van der Waals surface area contributed by atoms with E-state index in [0.29, 0.717) is 13.0 Å². The molecule has 0 radical (unpaired) electrons. The van der Waals surface area contributed by atoms with E-state index in [4.69, 9.17) is 4.74 Å². The van der Waals surface area contributed by atoms with Crippen molar-refractivity contribution in [3.05, 3.63) is 24.3 Å². The first-order valence-electron chi connectivity index (χ1n) is 6.35. The van der Waals surface area contributed by atoms with Crippen molar-refractivity contribution in [1.82, 2.24) is 0 Å². The van der Waals surface area contributed by atoms with Crippen molar-refractivity contribution in [1.29, 1.82) is 0 Å². The third-order valence-corrected chi connectivity index (χ3v) is 3.49. The molecule has 1 heterocycles. The van der Waals surface area contributed by atoms with Crippen LogP contribution in [0.3, 0.4) is 0 Å². The maximum absolute atomic E-state index is 12.0. The molecule has 0 bridgehead atoms. The van der Waals surface area contributed by atoms with E-state index in [1.54, 1.807) is 0 Å². The van der Waals surface area contributed by atoms with Crippen LogP contribution in [0, 0.1) is 5.92 Å². The third kappa shape index (κ3) is 2.43. The summed E-state index contributed by atoms with van der Waals surface area (Å²) in [5, 5.41) is 3.25. The van der Waals surface area contributed by atoms with Gasteiger partial charge in [0.25, 0.3) is 0 Å². The maximum atomic E-state index is 12.0. The van der Waals surface area contributed by atoms with E-state index in [1.807, 2.05) is 24.3 Å². The summed E-state index contributed by atoms with van der Waals surface area (Å²) in [7, 11) is 0. The standard InChI is InChI=1S/C14H17NO2/c16-12(8-7-10-5-6-10)14-9-15-11-3-1-2-4-13(11)17-14/h1-4,10,14-15H,5-9H2. The highest BCUT2D eigenvalue weighted by molar-refractivity contribution is 5.85. The van der Waals surface area contributed by atoms with Gasteiger partial charge in [0.05, 0.1) is 12.2 Å². The molecule has 0 saturated heterocycles. The zero-order chi connectivity index (χ0) is 11.7. The third-order valence-electron chi connectivity index (χ3n) is 3.49. The normalized spacial score (nSPS) is 22.2. The van der Waals surface area contributed by atoms with Gasteiger partial charge in [-0.25, -0.2) is 0 Å². The van der Waals surface area contributed by atoms with E-state index >= 15 is 0 Å². The number of hydrogen-bond acceptors (Lipinski definition) is 3. The number of rotatable bonds is 4. The highest BCUT2D eigenvalue weighted by Crippen LogP contribution is 2.34. The number of anilines is 1. The molecule has 1 aromatic carbocycles. The van der Waals surface area contributed by atoms with Crippen molar-refractivity contribution in [3.63, 3.8) is 0 Å². The lowest BCUT2D eigenvalue weighted by Crippen LogP contribution is -2.37. The van der Waals surface area contributed by atoms with Gasteiger partial charge < -0.3 is 10.1 Å². The van der Waals surface area contributed by atoms with Gasteiger partial charge in [-0.15, -0.1) is 0 Å². The largest absolute Gasteiger partial charge is 0.479 e. The fourth-order valence-electron chi connectivity index (χ4n) is 2.21. The lowest BCUT2D eigenvalue weighted by atomic mass is 10.1. The van der Waals surface area contributed by atoms with E-state index in [0.717, 1.165) is 23.8 Å². The first kappa shape index (κ1) is 10.6. The number of ketones is 1. The molecular weight excluding hydrogens is 214 g/mol. The average Bonchev–Trinajstić information content (AvgIpc) is 3.19. The fraction of sp³-hybridized carbons (Fsp3) is 0.500. The van der Waals surface area contributed by atoms with Crippen molar-refractivity contribution in [2.24, 2.45) is 5.92 Å². The summed E-state index contributed by atoms with van der Waals surface area (Å²) in [4.78, 5) is 12.0. The maximum Gasteiger partial charge on any atom is 0.175 e. The van der Waals surface area contributed by atoms with Gasteiger partial charge in [-0.05, 0) is 24.5 Å². The zero-order valence-electron chi connectivity index (χ0n) is 9.82. The van der Waals surface area contributed by atoms with Crippen LogP contribution in [0.4, 0.5) is 5.69 Å². The molecule has 0 aromatic heterocycles. The molecule has 2 aliphatic rings. The van der Waals surface area contributed by atoms with Crippen LogP contribution in [0.2, 0.25) is 0 Å². The predicted octanol–water partition coefficient (Wildman–Crippen LogP) is 2.62. The summed E-state index contributed by atoms with van der Waals surface area (Å²) >= 11 is 0. The molecule has 17 heavy (non-hydrogen) atoms. The molecule has 1 atom stereocenters. The molecule has 1 aliphatic heterocycles. The van der Waals surface area contributed by atoms with Gasteiger partial charge in [-0.1, -0.05) is 25.0 Å². The first-order valence-corrected chi connectivity index (χ1v) is 6.35. The topological polar surface area (TPSA) is 38.3 Å². The summed E-state index contributed by atoms with van der Waals surface area (Å²) in [5.41, 5.74) is 0.985. The second kappa shape index (κ2) is 4.40. The van der Waals surface area contributed by atoms with Gasteiger partial charge in [0.1, 0.15) is 5.75 Å². The second-order valence-corrected chi connectivity index (χ2v) is 4.93. The van der Waals surface area contributed by atoms with E-state index in [9.17, 15) is 4.79 Å². The Morgan fingerprint density at radius 2 is 2.18 bits per heavy atom. The Hall–Kier alpha value is -1.51. The molecule has 1 fully saturated rings.